The minimum Gasteiger partial charge on any atom is -0.492 e. The number of sulfonamides is 1. The first-order chi connectivity index (χ1) is 8.93. The van der Waals surface area contributed by atoms with E-state index < -0.39 is 10.0 Å². The lowest BCUT2D eigenvalue weighted by atomic mass is 10.3. The smallest absolute Gasteiger partial charge is 0.215 e. The lowest BCUT2D eigenvalue weighted by Crippen LogP contribution is -2.37. The molecule has 19 heavy (non-hydrogen) atoms. The molecular formula is C12H20N2O3S2. The third-order valence-corrected chi connectivity index (χ3v) is 4.58. The van der Waals surface area contributed by atoms with E-state index in [-0.39, 0.29) is 18.4 Å². The average Bonchev–Trinajstić information content (AvgIpc) is 2.28. The van der Waals surface area contributed by atoms with Crippen molar-refractivity contribution in [1.29, 1.82) is 0 Å². The van der Waals surface area contributed by atoms with Gasteiger partial charge >= 0.3 is 0 Å². The van der Waals surface area contributed by atoms with Crippen LogP contribution in [0, 0.1) is 0 Å². The van der Waals surface area contributed by atoms with Crippen LogP contribution in [-0.4, -0.2) is 38.8 Å². The van der Waals surface area contributed by atoms with E-state index in [0.717, 1.165) is 5.75 Å². The molecule has 0 saturated carbocycles. The predicted octanol–water partition coefficient (Wildman–Crippen LogP) is 1.32. The number of benzene rings is 1. The highest BCUT2D eigenvalue weighted by Crippen LogP contribution is 2.14. The van der Waals surface area contributed by atoms with Gasteiger partial charge in [0.1, 0.15) is 12.4 Å². The standard InChI is InChI=1S/C12H20N2O3S2/c1-10(9-18-2)14-19(15,16)7-6-17-12-5-3-4-11(13)8-12/h3-5,8,10,14H,6-7,9,13H2,1-2H3. The molecule has 5 nitrogen and oxygen atoms in total. The van der Waals surface area contributed by atoms with Crippen LogP contribution >= 0.6 is 11.8 Å². The summed E-state index contributed by atoms with van der Waals surface area (Å²) in [7, 11) is -3.30. The molecule has 1 aromatic carbocycles. The van der Waals surface area contributed by atoms with Gasteiger partial charge in [-0.2, -0.15) is 11.8 Å². The zero-order valence-corrected chi connectivity index (χ0v) is 12.8. The Morgan fingerprint density at radius 1 is 1.47 bits per heavy atom. The first kappa shape index (κ1) is 16.1. The monoisotopic (exact) mass is 304 g/mol. The van der Waals surface area contributed by atoms with Gasteiger partial charge in [-0.15, -0.1) is 0 Å². The van der Waals surface area contributed by atoms with Crippen LogP contribution < -0.4 is 15.2 Å². The van der Waals surface area contributed by atoms with Crippen molar-refractivity contribution in [1.82, 2.24) is 4.72 Å². The summed E-state index contributed by atoms with van der Waals surface area (Å²) in [5.41, 5.74) is 6.19. The van der Waals surface area contributed by atoms with Crippen molar-refractivity contribution < 1.29 is 13.2 Å². The predicted molar refractivity (Wildman–Crippen MR) is 81.1 cm³/mol. The molecule has 0 spiro atoms. The van der Waals surface area contributed by atoms with Crippen molar-refractivity contribution in [3.63, 3.8) is 0 Å². The molecule has 0 heterocycles. The Kier molecular flexibility index (Phi) is 6.47. The van der Waals surface area contributed by atoms with Crippen molar-refractivity contribution in [3.8, 4) is 5.75 Å². The second-order valence-electron chi connectivity index (χ2n) is 4.21. The summed E-state index contributed by atoms with van der Waals surface area (Å²) in [4.78, 5) is 0. The number of nitrogens with two attached hydrogens (primary N) is 1. The van der Waals surface area contributed by atoms with Crippen molar-refractivity contribution in [2.75, 3.05) is 30.1 Å². The van der Waals surface area contributed by atoms with Gasteiger partial charge in [-0.25, -0.2) is 13.1 Å². The zero-order valence-electron chi connectivity index (χ0n) is 11.1. The van der Waals surface area contributed by atoms with Gasteiger partial charge in [-0.05, 0) is 25.3 Å². The fourth-order valence-corrected chi connectivity index (χ4v) is 3.33. The number of rotatable bonds is 8. The summed E-state index contributed by atoms with van der Waals surface area (Å²) in [5.74, 6) is 1.25. The zero-order chi connectivity index (χ0) is 14.3. The van der Waals surface area contributed by atoms with E-state index in [1.54, 1.807) is 36.0 Å². The van der Waals surface area contributed by atoms with Crippen molar-refractivity contribution in [2.24, 2.45) is 0 Å². The normalized spacial score (nSPS) is 13.2. The third kappa shape index (κ3) is 6.70. The molecule has 108 valence electrons. The molecule has 0 fully saturated rings. The molecule has 0 aromatic heterocycles. The molecule has 7 heteroatoms. The second-order valence-corrected chi connectivity index (χ2v) is 7.00. The molecule has 0 radical (unpaired) electrons. The lowest BCUT2D eigenvalue weighted by Gasteiger charge is -2.13. The largest absolute Gasteiger partial charge is 0.492 e. The van der Waals surface area contributed by atoms with E-state index in [2.05, 4.69) is 4.72 Å². The lowest BCUT2D eigenvalue weighted by molar-refractivity contribution is 0.340. The van der Waals surface area contributed by atoms with Crippen LogP contribution in [0.2, 0.25) is 0 Å². The Balaban J connectivity index is 2.39. The van der Waals surface area contributed by atoms with Crippen LogP contribution in [-0.2, 0) is 10.0 Å². The van der Waals surface area contributed by atoms with Gasteiger partial charge in [0, 0.05) is 23.5 Å². The quantitative estimate of drug-likeness (QED) is 0.708. The Hall–Kier alpha value is -0.920. The molecule has 0 bridgehead atoms. The Labute approximate surface area is 119 Å². The van der Waals surface area contributed by atoms with Crippen molar-refractivity contribution in [3.05, 3.63) is 24.3 Å². The Morgan fingerprint density at radius 2 is 2.21 bits per heavy atom. The topological polar surface area (TPSA) is 81.4 Å². The maximum Gasteiger partial charge on any atom is 0.215 e. The average molecular weight is 304 g/mol. The molecule has 0 aliphatic carbocycles. The molecule has 0 saturated heterocycles. The van der Waals surface area contributed by atoms with E-state index in [1.807, 2.05) is 13.2 Å². The van der Waals surface area contributed by atoms with Gasteiger partial charge in [0.2, 0.25) is 10.0 Å². The summed E-state index contributed by atoms with van der Waals surface area (Å²) < 4.78 is 31.5. The summed E-state index contributed by atoms with van der Waals surface area (Å²) in [6.07, 6.45) is 1.94. The van der Waals surface area contributed by atoms with E-state index in [4.69, 9.17) is 10.5 Å². The van der Waals surface area contributed by atoms with Gasteiger partial charge in [0.25, 0.3) is 0 Å². The minimum atomic E-state index is -3.30. The number of ether oxygens (including phenoxy) is 1. The minimum absolute atomic E-state index is 0.0689. The maximum atomic E-state index is 11.7. The molecular weight excluding hydrogens is 284 g/mol. The summed E-state index contributed by atoms with van der Waals surface area (Å²) in [6.45, 7) is 1.94. The van der Waals surface area contributed by atoms with Gasteiger partial charge < -0.3 is 10.5 Å². The highest BCUT2D eigenvalue weighted by molar-refractivity contribution is 7.98. The number of anilines is 1. The highest BCUT2D eigenvalue weighted by Gasteiger charge is 2.14. The van der Waals surface area contributed by atoms with Gasteiger partial charge in [-0.1, -0.05) is 6.07 Å². The molecule has 3 N–H and O–H groups in total. The molecule has 1 atom stereocenters. The Bertz CT molecular complexity index is 492. The van der Waals surface area contributed by atoms with E-state index in [0.29, 0.717) is 11.4 Å². The number of hydrogen-bond acceptors (Lipinski definition) is 5. The summed E-state index contributed by atoms with van der Waals surface area (Å²) in [6, 6.07) is 6.84. The van der Waals surface area contributed by atoms with Crippen LogP contribution in [0.3, 0.4) is 0 Å². The van der Waals surface area contributed by atoms with Crippen LogP contribution in [0.1, 0.15) is 6.92 Å². The van der Waals surface area contributed by atoms with Crippen LogP contribution in [0.15, 0.2) is 24.3 Å². The fraction of sp³-hybridized carbons (Fsp3) is 0.500. The van der Waals surface area contributed by atoms with E-state index in [1.165, 1.54) is 0 Å². The highest BCUT2D eigenvalue weighted by atomic mass is 32.2. The SMILES string of the molecule is CSCC(C)NS(=O)(=O)CCOc1cccc(N)c1. The maximum absolute atomic E-state index is 11.7. The summed E-state index contributed by atoms with van der Waals surface area (Å²) >= 11 is 1.60. The van der Waals surface area contributed by atoms with Crippen LogP contribution in [0.5, 0.6) is 5.75 Å². The Morgan fingerprint density at radius 3 is 2.84 bits per heavy atom. The number of nitrogens with one attached hydrogen (secondary N) is 1. The van der Waals surface area contributed by atoms with Gasteiger partial charge in [0.05, 0.1) is 5.75 Å². The first-order valence-corrected chi connectivity index (χ1v) is 8.95. The first-order valence-electron chi connectivity index (χ1n) is 5.90. The molecule has 0 amide bonds. The molecule has 1 rings (SSSR count). The van der Waals surface area contributed by atoms with E-state index in [9.17, 15) is 8.42 Å². The van der Waals surface area contributed by atoms with Crippen LogP contribution in [0.25, 0.3) is 0 Å². The second kappa shape index (κ2) is 7.62. The number of nitrogen functional groups attached to an aromatic ring is 1. The molecule has 0 aliphatic heterocycles. The van der Waals surface area contributed by atoms with E-state index >= 15 is 0 Å². The number of hydrogen-bond donors (Lipinski definition) is 2. The van der Waals surface area contributed by atoms with Crippen LogP contribution in [0.4, 0.5) is 5.69 Å². The third-order valence-electron chi connectivity index (χ3n) is 2.28. The van der Waals surface area contributed by atoms with Crippen molar-refractivity contribution >= 4 is 27.5 Å². The van der Waals surface area contributed by atoms with Gasteiger partial charge in [-0.3, -0.25) is 0 Å². The van der Waals surface area contributed by atoms with Crippen molar-refractivity contribution in [2.45, 2.75) is 13.0 Å². The molecule has 0 aliphatic rings. The van der Waals surface area contributed by atoms with Gasteiger partial charge in [0.15, 0.2) is 0 Å². The summed E-state index contributed by atoms with van der Waals surface area (Å²) in [5, 5.41) is 0. The molecule has 1 aromatic rings. The molecule has 1 unspecified atom stereocenters. The number of thioether (sulfide) groups is 1. The fourth-order valence-electron chi connectivity index (χ4n) is 1.52.